The summed E-state index contributed by atoms with van der Waals surface area (Å²) in [5.41, 5.74) is 1.12. The second kappa shape index (κ2) is 3.76. The van der Waals surface area contributed by atoms with E-state index < -0.39 is 0 Å². The zero-order valence-corrected chi connectivity index (χ0v) is 8.08. The first-order valence-corrected chi connectivity index (χ1v) is 4.58. The average molecular weight is 205 g/mol. The third-order valence-corrected chi connectivity index (χ3v) is 2.27. The minimum atomic E-state index is -0.0411. The number of benzene rings is 1. The SMILES string of the molecule is O=C1C[C]=CN=C1c1ccccc1Cl. The van der Waals surface area contributed by atoms with Crippen LogP contribution in [0.4, 0.5) is 0 Å². The zero-order chi connectivity index (χ0) is 9.97. The van der Waals surface area contributed by atoms with Crippen LogP contribution in [-0.4, -0.2) is 11.5 Å². The molecule has 0 aliphatic carbocycles. The van der Waals surface area contributed by atoms with Crippen LogP contribution in [0.5, 0.6) is 0 Å². The van der Waals surface area contributed by atoms with E-state index in [-0.39, 0.29) is 12.2 Å². The van der Waals surface area contributed by atoms with E-state index >= 15 is 0 Å². The van der Waals surface area contributed by atoms with E-state index in [0.717, 1.165) is 0 Å². The van der Waals surface area contributed by atoms with Crippen LogP contribution < -0.4 is 0 Å². The molecule has 14 heavy (non-hydrogen) atoms. The average Bonchev–Trinajstić information content (AvgIpc) is 2.20. The molecule has 0 saturated carbocycles. The Hall–Kier alpha value is -1.41. The molecule has 0 amide bonds. The smallest absolute Gasteiger partial charge is 0.186 e. The van der Waals surface area contributed by atoms with E-state index in [1.807, 2.05) is 12.1 Å². The van der Waals surface area contributed by atoms with Gasteiger partial charge in [0.05, 0.1) is 5.02 Å². The largest absolute Gasteiger partial charge is 0.292 e. The Kier molecular flexibility index (Phi) is 2.46. The molecule has 1 heterocycles. The highest BCUT2D eigenvalue weighted by molar-refractivity contribution is 6.50. The maximum atomic E-state index is 11.5. The van der Waals surface area contributed by atoms with Crippen LogP contribution >= 0.6 is 11.6 Å². The van der Waals surface area contributed by atoms with Gasteiger partial charge in [-0.3, -0.25) is 9.79 Å². The van der Waals surface area contributed by atoms with Crippen LogP contribution in [0.1, 0.15) is 12.0 Å². The summed E-state index contributed by atoms with van der Waals surface area (Å²) in [5, 5.41) is 0.551. The van der Waals surface area contributed by atoms with Crippen molar-refractivity contribution in [2.45, 2.75) is 6.42 Å². The number of hydrogen-bond acceptors (Lipinski definition) is 2. The maximum absolute atomic E-state index is 11.5. The normalized spacial score (nSPS) is 15.5. The number of aliphatic imine (C=N–C) groups is 1. The number of allylic oxidation sites excluding steroid dienone is 1. The van der Waals surface area contributed by atoms with E-state index in [4.69, 9.17) is 11.6 Å². The van der Waals surface area contributed by atoms with E-state index in [1.165, 1.54) is 6.20 Å². The number of carbonyl (C=O) groups is 1. The Bertz CT molecular complexity index is 435. The summed E-state index contributed by atoms with van der Waals surface area (Å²) in [5.74, 6) is -0.0411. The summed E-state index contributed by atoms with van der Waals surface area (Å²) in [6.45, 7) is 0. The van der Waals surface area contributed by atoms with Crippen LogP contribution in [-0.2, 0) is 4.79 Å². The molecule has 0 saturated heterocycles. The Morgan fingerprint density at radius 2 is 2.14 bits per heavy atom. The van der Waals surface area contributed by atoms with Gasteiger partial charge in [-0.05, 0) is 12.1 Å². The molecule has 0 bridgehead atoms. The van der Waals surface area contributed by atoms with Crippen LogP contribution in [0.3, 0.4) is 0 Å². The molecule has 3 heteroatoms. The van der Waals surface area contributed by atoms with Crippen molar-refractivity contribution in [2.24, 2.45) is 4.99 Å². The first kappa shape index (κ1) is 9.16. The molecule has 0 aromatic heterocycles. The molecule has 1 aliphatic heterocycles. The Balaban J connectivity index is 2.49. The van der Waals surface area contributed by atoms with E-state index in [0.29, 0.717) is 16.3 Å². The van der Waals surface area contributed by atoms with Crippen molar-refractivity contribution in [3.05, 3.63) is 47.1 Å². The lowest BCUT2D eigenvalue weighted by atomic mass is 10.0. The predicted octanol–water partition coefficient (Wildman–Crippen LogP) is 2.42. The summed E-state index contributed by atoms with van der Waals surface area (Å²) in [4.78, 5) is 15.5. The van der Waals surface area contributed by atoms with E-state index in [2.05, 4.69) is 11.1 Å². The molecule has 0 unspecified atom stereocenters. The molecule has 0 fully saturated rings. The van der Waals surface area contributed by atoms with Gasteiger partial charge < -0.3 is 0 Å². The molecule has 0 N–H and O–H groups in total. The lowest BCUT2D eigenvalue weighted by Gasteiger charge is -2.07. The number of Topliss-reactive ketones (excluding diaryl/α,β-unsaturated/α-hetero) is 1. The third kappa shape index (κ3) is 1.61. The molecule has 0 atom stereocenters. The monoisotopic (exact) mass is 204 g/mol. The molecule has 1 aromatic rings. The second-order valence-electron chi connectivity index (χ2n) is 2.89. The minimum Gasteiger partial charge on any atom is -0.292 e. The number of ketones is 1. The van der Waals surface area contributed by atoms with Crippen molar-refractivity contribution >= 4 is 23.1 Å². The van der Waals surface area contributed by atoms with Gasteiger partial charge in [0.15, 0.2) is 5.78 Å². The lowest BCUT2D eigenvalue weighted by Crippen LogP contribution is -2.16. The van der Waals surface area contributed by atoms with Crippen molar-refractivity contribution in [3.8, 4) is 0 Å². The highest BCUT2D eigenvalue weighted by Gasteiger charge is 2.16. The first-order chi connectivity index (χ1) is 6.79. The van der Waals surface area contributed by atoms with E-state index in [9.17, 15) is 4.79 Å². The van der Waals surface area contributed by atoms with Crippen molar-refractivity contribution in [1.82, 2.24) is 0 Å². The second-order valence-corrected chi connectivity index (χ2v) is 3.30. The molecule has 2 rings (SSSR count). The lowest BCUT2D eigenvalue weighted by molar-refractivity contribution is -0.112. The van der Waals surface area contributed by atoms with Crippen LogP contribution in [0, 0.1) is 6.08 Å². The molecule has 1 radical (unpaired) electrons. The Morgan fingerprint density at radius 1 is 1.36 bits per heavy atom. The number of carbonyl (C=O) groups excluding carboxylic acids is 1. The number of rotatable bonds is 1. The first-order valence-electron chi connectivity index (χ1n) is 4.20. The third-order valence-electron chi connectivity index (χ3n) is 1.94. The van der Waals surface area contributed by atoms with Crippen LogP contribution in [0.25, 0.3) is 0 Å². The van der Waals surface area contributed by atoms with Gasteiger partial charge >= 0.3 is 0 Å². The van der Waals surface area contributed by atoms with Crippen molar-refractivity contribution in [2.75, 3.05) is 0 Å². The topological polar surface area (TPSA) is 29.4 Å². The highest BCUT2D eigenvalue weighted by atomic mass is 35.5. The Morgan fingerprint density at radius 3 is 2.86 bits per heavy atom. The van der Waals surface area contributed by atoms with Gasteiger partial charge in [0.1, 0.15) is 5.71 Å². The van der Waals surface area contributed by atoms with Gasteiger partial charge in [-0.15, -0.1) is 0 Å². The highest BCUT2D eigenvalue weighted by Crippen LogP contribution is 2.18. The fourth-order valence-corrected chi connectivity index (χ4v) is 1.50. The van der Waals surface area contributed by atoms with Gasteiger partial charge in [-0.2, -0.15) is 0 Å². The van der Waals surface area contributed by atoms with Crippen molar-refractivity contribution < 1.29 is 4.79 Å². The molecule has 0 spiro atoms. The van der Waals surface area contributed by atoms with Crippen molar-refractivity contribution in [3.63, 3.8) is 0 Å². The van der Waals surface area contributed by atoms with Gasteiger partial charge in [0.2, 0.25) is 0 Å². The van der Waals surface area contributed by atoms with Crippen LogP contribution in [0.15, 0.2) is 35.5 Å². The summed E-state index contributed by atoms with van der Waals surface area (Å²) >= 11 is 5.96. The summed E-state index contributed by atoms with van der Waals surface area (Å²) in [6.07, 6.45) is 4.54. The van der Waals surface area contributed by atoms with Gasteiger partial charge in [-0.25, -0.2) is 0 Å². The molecule has 2 nitrogen and oxygen atoms in total. The zero-order valence-electron chi connectivity index (χ0n) is 7.33. The fraction of sp³-hybridized carbons (Fsp3) is 0.0909. The predicted molar refractivity (Wildman–Crippen MR) is 55.4 cm³/mol. The molecule has 1 aliphatic rings. The number of nitrogens with zero attached hydrogens (tertiary/aromatic N) is 1. The number of halogens is 1. The van der Waals surface area contributed by atoms with Crippen molar-refractivity contribution in [1.29, 1.82) is 0 Å². The molecular formula is C11H7ClNO. The van der Waals surface area contributed by atoms with Gasteiger partial charge in [0, 0.05) is 18.2 Å². The van der Waals surface area contributed by atoms with Gasteiger partial charge in [-0.1, -0.05) is 29.8 Å². The van der Waals surface area contributed by atoms with E-state index in [1.54, 1.807) is 12.1 Å². The standard InChI is InChI=1S/C11H7ClNO/c12-9-5-2-1-4-8(9)11-10(14)6-3-7-13-11/h1-2,4-5,7H,6H2. The Labute approximate surface area is 86.9 Å². The quantitative estimate of drug-likeness (QED) is 0.691. The van der Waals surface area contributed by atoms with Crippen LogP contribution in [0.2, 0.25) is 5.02 Å². The molecule has 69 valence electrons. The number of hydrogen-bond donors (Lipinski definition) is 0. The minimum absolute atomic E-state index is 0.0411. The summed E-state index contributed by atoms with van der Waals surface area (Å²) in [6, 6.07) is 7.19. The summed E-state index contributed by atoms with van der Waals surface area (Å²) in [7, 11) is 0. The maximum Gasteiger partial charge on any atom is 0.186 e. The van der Waals surface area contributed by atoms with Gasteiger partial charge in [0.25, 0.3) is 0 Å². The summed E-state index contributed by atoms with van der Waals surface area (Å²) < 4.78 is 0. The fourth-order valence-electron chi connectivity index (χ4n) is 1.28. The molecular weight excluding hydrogens is 198 g/mol. The molecule has 1 aromatic carbocycles.